The maximum atomic E-state index is 13.7. The first-order valence-corrected chi connectivity index (χ1v) is 8.90. The second-order valence-electron chi connectivity index (χ2n) is 6.15. The summed E-state index contributed by atoms with van der Waals surface area (Å²) in [6, 6.07) is 14.7. The molecule has 0 unspecified atom stereocenters. The minimum absolute atomic E-state index is 0.239. The Balaban J connectivity index is 1.54. The Kier molecular flexibility index (Phi) is 6.75. The van der Waals surface area contributed by atoms with Crippen molar-refractivity contribution < 1.29 is 13.5 Å². The normalized spacial score (nSPS) is 11.5. The summed E-state index contributed by atoms with van der Waals surface area (Å²) in [5.41, 5.74) is 3.16. The molecular formula is C21H23FN4O2. The van der Waals surface area contributed by atoms with E-state index in [9.17, 15) is 4.39 Å². The van der Waals surface area contributed by atoms with Gasteiger partial charge in [-0.05, 0) is 29.8 Å². The fourth-order valence-electron chi connectivity index (χ4n) is 2.69. The molecule has 0 bridgehead atoms. The molecule has 3 aromatic rings. The third-order valence-electron chi connectivity index (χ3n) is 4.10. The Bertz CT molecular complexity index is 925. The zero-order valence-corrected chi connectivity index (χ0v) is 15.9. The van der Waals surface area contributed by atoms with Gasteiger partial charge in [0.2, 0.25) is 5.89 Å². The van der Waals surface area contributed by atoms with Crippen molar-refractivity contribution in [3.8, 4) is 11.5 Å². The van der Waals surface area contributed by atoms with Crippen LogP contribution in [0, 0.1) is 5.82 Å². The van der Waals surface area contributed by atoms with Gasteiger partial charge in [0.15, 0.2) is 5.96 Å². The molecule has 7 heteroatoms. The number of benzene rings is 2. The van der Waals surface area contributed by atoms with Gasteiger partial charge in [0, 0.05) is 31.8 Å². The van der Waals surface area contributed by atoms with Crippen LogP contribution in [0.1, 0.15) is 16.8 Å². The molecule has 0 aliphatic carbocycles. The van der Waals surface area contributed by atoms with Crippen LogP contribution in [0.25, 0.3) is 11.5 Å². The third kappa shape index (κ3) is 5.17. The van der Waals surface area contributed by atoms with Crippen LogP contribution in [0.2, 0.25) is 0 Å². The van der Waals surface area contributed by atoms with Gasteiger partial charge in [-0.3, -0.25) is 4.99 Å². The number of aliphatic imine (C=N–C) groups is 1. The Morgan fingerprint density at radius 3 is 2.68 bits per heavy atom. The molecule has 1 heterocycles. The highest BCUT2D eigenvalue weighted by Crippen LogP contribution is 2.17. The zero-order chi connectivity index (χ0) is 19.8. The highest BCUT2D eigenvalue weighted by molar-refractivity contribution is 5.79. The summed E-state index contributed by atoms with van der Waals surface area (Å²) in [7, 11) is 3.23. The van der Waals surface area contributed by atoms with Gasteiger partial charge >= 0.3 is 0 Å². The molecule has 2 aromatic carbocycles. The molecule has 6 nitrogen and oxygen atoms in total. The second kappa shape index (κ2) is 9.66. The SMILES string of the molecule is CN=C(NCc1ccc(F)c(COC)c1)NCc1coc(-c2ccccc2)n1. The van der Waals surface area contributed by atoms with Crippen molar-refractivity contribution in [2.24, 2.45) is 4.99 Å². The Hall–Kier alpha value is -3.19. The number of methoxy groups -OCH3 is 1. The largest absolute Gasteiger partial charge is 0.444 e. The molecule has 1 aromatic heterocycles. The lowest BCUT2D eigenvalue weighted by Gasteiger charge is -2.12. The number of hydrogen-bond acceptors (Lipinski definition) is 4. The Labute approximate surface area is 163 Å². The van der Waals surface area contributed by atoms with Crippen molar-refractivity contribution in [3.05, 3.63) is 77.4 Å². The molecule has 0 amide bonds. The molecule has 0 aliphatic heterocycles. The molecule has 146 valence electrons. The van der Waals surface area contributed by atoms with Crippen molar-refractivity contribution in [2.45, 2.75) is 19.7 Å². The van der Waals surface area contributed by atoms with E-state index in [0.29, 0.717) is 30.5 Å². The zero-order valence-electron chi connectivity index (χ0n) is 15.9. The van der Waals surface area contributed by atoms with E-state index in [1.807, 2.05) is 30.3 Å². The molecule has 0 saturated heterocycles. The maximum absolute atomic E-state index is 13.7. The van der Waals surface area contributed by atoms with Crippen LogP contribution in [0.4, 0.5) is 4.39 Å². The van der Waals surface area contributed by atoms with Gasteiger partial charge in [-0.1, -0.05) is 24.3 Å². The first-order chi connectivity index (χ1) is 13.7. The summed E-state index contributed by atoms with van der Waals surface area (Å²) in [5, 5.41) is 6.39. The second-order valence-corrected chi connectivity index (χ2v) is 6.15. The smallest absolute Gasteiger partial charge is 0.226 e. The van der Waals surface area contributed by atoms with Gasteiger partial charge in [-0.15, -0.1) is 0 Å². The van der Waals surface area contributed by atoms with E-state index in [4.69, 9.17) is 9.15 Å². The van der Waals surface area contributed by atoms with Gasteiger partial charge in [-0.2, -0.15) is 0 Å². The van der Waals surface area contributed by atoms with E-state index < -0.39 is 0 Å². The highest BCUT2D eigenvalue weighted by atomic mass is 19.1. The average molecular weight is 382 g/mol. The van der Waals surface area contributed by atoms with Crippen LogP contribution in [-0.2, 0) is 24.4 Å². The van der Waals surface area contributed by atoms with Crippen LogP contribution in [0.15, 0.2) is 64.2 Å². The lowest BCUT2D eigenvalue weighted by atomic mass is 10.1. The number of nitrogens with one attached hydrogen (secondary N) is 2. The van der Waals surface area contributed by atoms with Gasteiger partial charge in [-0.25, -0.2) is 9.37 Å². The van der Waals surface area contributed by atoms with Crippen LogP contribution in [0.3, 0.4) is 0 Å². The van der Waals surface area contributed by atoms with Crippen LogP contribution >= 0.6 is 0 Å². The van der Waals surface area contributed by atoms with E-state index in [-0.39, 0.29) is 12.4 Å². The minimum atomic E-state index is -0.270. The van der Waals surface area contributed by atoms with Crippen molar-refractivity contribution in [1.29, 1.82) is 0 Å². The average Bonchev–Trinajstić information content (AvgIpc) is 3.20. The molecule has 0 aliphatic rings. The Morgan fingerprint density at radius 1 is 1.14 bits per heavy atom. The number of guanidine groups is 1. The first kappa shape index (κ1) is 19.6. The van der Waals surface area contributed by atoms with Crippen molar-refractivity contribution in [3.63, 3.8) is 0 Å². The number of oxazole rings is 1. The number of hydrogen-bond donors (Lipinski definition) is 2. The molecule has 0 fully saturated rings. The molecule has 2 N–H and O–H groups in total. The topological polar surface area (TPSA) is 71.7 Å². The summed E-state index contributed by atoms with van der Waals surface area (Å²) in [6.45, 7) is 1.21. The number of halogens is 1. The molecule has 28 heavy (non-hydrogen) atoms. The van der Waals surface area contributed by atoms with E-state index in [1.165, 1.54) is 6.07 Å². The first-order valence-electron chi connectivity index (χ1n) is 8.90. The van der Waals surface area contributed by atoms with Crippen LogP contribution in [0.5, 0.6) is 0 Å². The molecule has 0 radical (unpaired) electrons. The van der Waals surface area contributed by atoms with Gasteiger partial charge in [0.25, 0.3) is 0 Å². The summed E-state index contributed by atoms with van der Waals surface area (Å²) in [6.07, 6.45) is 1.62. The van der Waals surface area contributed by atoms with Crippen molar-refractivity contribution in [2.75, 3.05) is 14.2 Å². The fourth-order valence-corrected chi connectivity index (χ4v) is 2.69. The monoisotopic (exact) mass is 382 g/mol. The van der Waals surface area contributed by atoms with Gasteiger partial charge < -0.3 is 19.8 Å². The van der Waals surface area contributed by atoms with E-state index >= 15 is 0 Å². The van der Waals surface area contributed by atoms with E-state index in [1.54, 1.807) is 32.6 Å². The molecule has 3 rings (SSSR count). The predicted octanol–water partition coefficient (Wildman–Crippen LogP) is 3.49. The number of rotatable bonds is 7. The number of nitrogens with zero attached hydrogens (tertiary/aromatic N) is 2. The van der Waals surface area contributed by atoms with E-state index in [2.05, 4.69) is 20.6 Å². The third-order valence-corrected chi connectivity index (χ3v) is 4.10. The molecule has 0 saturated carbocycles. The van der Waals surface area contributed by atoms with Crippen molar-refractivity contribution >= 4 is 5.96 Å². The standard InChI is InChI=1S/C21H23FN4O2/c1-23-21(24-11-15-8-9-19(22)17(10-15)13-27-2)25-12-18-14-28-20(26-18)16-6-4-3-5-7-16/h3-10,14H,11-13H2,1-2H3,(H2,23,24,25). The number of aromatic nitrogens is 1. The van der Waals surface area contributed by atoms with Crippen molar-refractivity contribution in [1.82, 2.24) is 15.6 Å². The number of ether oxygens (including phenoxy) is 1. The Morgan fingerprint density at radius 2 is 1.93 bits per heavy atom. The van der Waals surface area contributed by atoms with Crippen LogP contribution in [-0.4, -0.2) is 25.1 Å². The van der Waals surface area contributed by atoms with Gasteiger partial charge in [0.05, 0.1) is 18.8 Å². The highest BCUT2D eigenvalue weighted by Gasteiger charge is 2.08. The maximum Gasteiger partial charge on any atom is 0.226 e. The van der Waals surface area contributed by atoms with Gasteiger partial charge in [0.1, 0.15) is 12.1 Å². The summed E-state index contributed by atoms with van der Waals surface area (Å²) < 4.78 is 24.3. The van der Waals surface area contributed by atoms with E-state index in [0.717, 1.165) is 16.8 Å². The lowest BCUT2D eigenvalue weighted by Crippen LogP contribution is -2.36. The fraction of sp³-hybridized carbons (Fsp3) is 0.238. The predicted molar refractivity (Wildman–Crippen MR) is 106 cm³/mol. The minimum Gasteiger partial charge on any atom is -0.444 e. The summed E-state index contributed by atoms with van der Waals surface area (Å²) in [4.78, 5) is 8.68. The summed E-state index contributed by atoms with van der Waals surface area (Å²) >= 11 is 0. The molecule has 0 spiro atoms. The lowest BCUT2D eigenvalue weighted by molar-refractivity contribution is 0.181. The molecular weight excluding hydrogens is 359 g/mol. The quantitative estimate of drug-likeness (QED) is 0.483. The summed E-state index contributed by atoms with van der Waals surface area (Å²) in [5.74, 6) is 0.924. The van der Waals surface area contributed by atoms with Crippen LogP contribution < -0.4 is 10.6 Å². The molecule has 0 atom stereocenters.